The van der Waals surface area contributed by atoms with Crippen molar-refractivity contribution in [1.29, 1.82) is 0 Å². The third-order valence-electron chi connectivity index (χ3n) is 3.93. The van der Waals surface area contributed by atoms with Crippen LogP contribution in [0.2, 0.25) is 0 Å². The highest BCUT2D eigenvalue weighted by molar-refractivity contribution is 5.68. The summed E-state index contributed by atoms with van der Waals surface area (Å²) < 4.78 is 5.20. The van der Waals surface area contributed by atoms with Gasteiger partial charge in [0.2, 0.25) is 0 Å². The molecule has 0 amide bonds. The molecule has 0 aromatic heterocycles. The van der Waals surface area contributed by atoms with Crippen molar-refractivity contribution in [2.24, 2.45) is 0 Å². The number of hydrogen-bond acceptors (Lipinski definition) is 3. The van der Waals surface area contributed by atoms with Gasteiger partial charge in [0.15, 0.2) is 0 Å². The van der Waals surface area contributed by atoms with Crippen LogP contribution in [0.15, 0.2) is 72.8 Å². The first-order valence-corrected chi connectivity index (χ1v) is 7.63. The number of hydrogen-bond donors (Lipinski definition) is 0. The minimum absolute atomic E-state index is 0.120. The number of methoxy groups -OCH3 is 1. The van der Waals surface area contributed by atoms with Gasteiger partial charge in [-0.25, -0.2) is 0 Å². The van der Waals surface area contributed by atoms with Crippen LogP contribution in [-0.2, 0) is 6.42 Å². The molecular weight excluding hydrogens is 302 g/mol. The fraction of sp³-hybridized carbons (Fsp3) is 0.100. The second-order valence-corrected chi connectivity index (χ2v) is 5.49. The summed E-state index contributed by atoms with van der Waals surface area (Å²) in [5.74, 6) is 0.815. The summed E-state index contributed by atoms with van der Waals surface area (Å²) in [7, 11) is 1.64. The quantitative estimate of drug-likeness (QED) is 0.498. The van der Waals surface area contributed by atoms with Crippen molar-refractivity contribution in [3.8, 4) is 16.9 Å². The predicted octanol–water partition coefficient (Wildman–Crippen LogP) is 4.86. The van der Waals surface area contributed by atoms with Gasteiger partial charge < -0.3 is 4.74 Å². The van der Waals surface area contributed by atoms with E-state index in [2.05, 4.69) is 12.1 Å². The van der Waals surface area contributed by atoms with Gasteiger partial charge in [-0.1, -0.05) is 48.5 Å². The van der Waals surface area contributed by atoms with Crippen molar-refractivity contribution in [3.63, 3.8) is 0 Å². The first kappa shape index (κ1) is 15.7. The minimum Gasteiger partial charge on any atom is -0.497 e. The van der Waals surface area contributed by atoms with Gasteiger partial charge >= 0.3 is 0 Å². The van der Waals surface area contributed by atoms with E-state index in [1.54, 1.807) is 19.2 Å². The summed E-state index contributed by atoms with van der Waals surface area (Å²) in [6.07, 6.45) is 0.643. The van der Waals surface area contributed by atoms with E-state index >= 15 is 0 Å². The van der Waals surface area contributed by atoms with E-state index in [1.807, 2.05) is 42.5 Å². The first-order valence-electron chi connectivity index (χ1n) is 7.63. The Hall–Kier alpha value is -3.14. The Balaban J connectivity index is 1.94. The molecule has 4 nitrogen and oxygen atoms in total. The lowest BCUT2D eigenvalue weighted by Crippen LogP contribution is -1.94. The molecule has 0 unspecified atom stereocenters. The number of ether oxygens (including phenoxy) is 1. The summed E-state index contributed by atoms with van der Waals surface area (Å²) >= 11 is 0. The number of nitro groups is 1. The number of nitro benzene ring substituents is 1. The predicted molar refractivity (Wildman–Crippen MR) is 94.3 cm³/mol. The van der Waals surface area contributed by atoms with Gasteiger partial charge in [0.05, 0.1) is 12.0 Å². The summed E-state index contributed by atoms with van der Waals surface area (Å²) in [5, 5.41) is 10.9. The fourth-order valence-corrected chi connectivity index (χ4v) is 2.73. The summed E-state index contributed by atoms with van der Waals surface area (Å²) in [5.41, 5.74) is 4.38. The molecule has 0 bridgehead atoms. The maximum absolute atomic E-state index is 10.9. The Morgan fingerprint density at radius 3 is 2.42 bits per heavy atom. The lowest BCUT2D eigenvalue weighted by molar-refractivity contribution is -0.384. The van der Waals surface area contributed by atoms with E-state index in [4.69, 9.17) is 4.74 Å². The minimum atomic E-state index is -0.362. The average Bonchev–Trinajstić information content (AvgIpc) is 2.62. The van der Waals surface area contributed by atoms with Gasteiger partial charge in [0.25, 0.3) is 5.69 Å². The van der Waals surface area contributed by atoms with Crippen LogP contribution >= 0.6 is 0 Å². The van der Waals surface area contributed by atoms with E-state index < -0.39 is 0 Å². The molecule has 120 valence electrons. The Morgan fingerprint density at radius 1 is 0.958 bits per heavy atom. The molecule has 0 heterocycles. The molecule has 24 heavy (non-hydrogen) atoms. The van der Waals surface area contributed by atoms with Gasteiger partial charge in [0, 0.05) is 12.1 Å². The molecule has 3 aromatic rings. The van der Waals surface area contributed by atoms with Crippen molar-refractivity contribution in [2.75, 3.05) is 7.11 Å². The van der Waals surface area contributed by atoms with Crippen LogP contribution in [0.4, 0.5) is 5.69 Å². The molecule has 0 spiro atoms. The number of nitrogens with zero attached hydrogens (tertiary/aromatic N) is 1. The molecule has 0 saturated carbocycles. The largest absolute Gasteiger partial charge is 0.497 e. The standard InChI is InChI=1S/C20H17NO3/c1-24-19-11-9-16(10-12-19)20-8-3-2-6-17(20)13-15-5-4-7-18(14-15)21(22)23/h2-12,14H,13H2,1H3. The van der Waals surface area contributed by atoms with E-state index in [-0.39, 0.29) is 10.6 Å². The normalized spacial score (nSPS) is 10.4. The second kappa shape index (κ2) is 6.96. The van der Waals surface area contributed by atoms with Crippen molar-refractivity contribution >= 4 is 5.69 Å². The highest BCUT2D eigenvalue weighted by Gasteiger charge is 2.09. The van der Waals surface area contributed by atoms with E-state index in [0.717, 1.165) is 28.0 Å². The molecule has 0 fully saturated rings. The van der Waals surface area contributed by atoms with Crippen molar-refractivity contribution in [2.45, 2.75) is 6.42 Å². The molecule has 0 atom stereocenters. The SMILES string of the molecule is COc1ccc(-c2ccccc2Cc2cccc([N+](=O)[O-])c2)cc1. The molecule has 4 heteroatoms. The molecule has 3 aromatic carbocycles. The summed E-state index contributed by atoms with van der Waals surface area (Å²) in [6, 6.07) is 22.8. The van der Waals surface area contributed by atoms with Gasteiger partial charge in [-0.05, 0) is 40.8 Å². The monoisotopic (exact) mass is 319 g/mol. The van der Waals surface area contributed by atoms with Crippen molar-refractivity contribution in [3.05, 3.63) is 94.0 Å². The Bertz CT molecular complexity index is 857. The van der Waals surface area contributed by atoms with Crippen LogP contribution in [0.5, 0.6) is 5.75 Å². The molecule has 0 aliphatic carbocycles. The second-order valence-electron chi connectivity index (χ2n) is 5.49. The first-order chi connectivity index (χ1) is 11.7. The van der Waals surface area contributed by atoms with Gasteiger partial charge in [-0.3, -0.25) is 10.1 Å². The molecular formula is C20H17NO3. The van der Waals surface area contributed by atoms with Crippen LogP contribution in [0.1, 0.15) is 11.1 Å². The zero-order valence-electron chi connectivity index (χ0n) is 13.3. The Labute approximate surface area is 140 Å². The number of non-ortho nitro benzene ring substituents is 1. The van der Waals surface area contributed by atoms with Crippen LogP contribution < -0.4 is 4.74 Å². The molecule has 3 rings (SSSR count). The molecule has 0 N–H and O–H groups in total. The van der Waals surface area contributed by atoms with E-state index in [0.29, 0.717) is 6.42 Å². The Morgan fingerprint density at radius 2 is 1.71 bits per heavy atom. The van der Waals surface area contributed by atoms with Crippen LogP contribution in [-0.4, -0.2) is 12.0 Å². The maximum Gasteiger partial charge on any atom is 0.269 e. The smallest absolute Gasteiger partial charge is 0.269 e. The fourth-order valence-electron chi connectivity index (χ4n) is 2.73. The van der Waals surface area contributed by atoms with Crippen LogP contribution in [0.25, 0.3) is 11.1 Å². The van der Waals surface area contributed by atoms with Crippen molar-refractivity contribution < 1.29 is 9.66 Å². The van der Waals surface area contributed by atoms with Gasteiger partial charge in [0.1, 0.15) is 5.75 Å². The zero-order valence-corrected chi connectivity index (χ0v) is 13.3. The van der Waals surface area contributed by atoms with E-state index in [1.165, 1.54) is 6.07 Å². The molecule has 0 aliphatic heterocycles. The maximum atomic E-state index is 10.9. The van der Waals surface area contributed by atoms with Crippen molar-refractivity contribution in [1.82, 2.24) is 0 Å². The Kier molecular flexibility index (Phi) is 4.57. The lowest BCUT2D eigenvalue weighted by atomic mass is 9.95. The van der Waals surface area contributed by atoms with Crippen LogP contribution in [0.3, 0.4) is 0 Å². The van der Waals surface area contributed by atoms with Crippen LogP contribution in [0, 0.1) is 10.1 Å². The van der Waals surface area contributed by atoms with Gasteiger partial charge in [-0.2, -0.15) is 0 Å². The summed E-state index contributed by atoms with van der Waals surface area (Å²) in [6.45, 7) is 0. The zero-order chi connectivity index (χ0) is 16.9. The number of benzene rings is 3. The number of rotatable bonds is 5. The molecule has 0 saturated heterocycles. The molecule has 0 radical (unpaired) electrons. The molecule has 0 aliphatic rings. The third kappa shape index (κ3) is 3.43. The van der Waals surface area contributed by atoms with E-state index in [9.17, 15) is 10.1 Å². The lowest BCUT2D eigenvalue weighted by Gasteiger charge is -2.10. The average molecular weight is 319 g/mol. The van der Waals surface area contributed by atoms with Gasteiger partial charge in [-0.15, -0.1) is 0 Å². The summed E-state index contributed by atoms with van der Waals surface area (Å²) in [4.78, 5) is 10.6. The highest BCUT2D eigenvalue weighted by Crippen LogP contribution is 2.28. The third-order valence-corrected chi connectivity index (χ3v) is 3.93. The highest BCUT2D eigenvalue weighted by atomic mass is 16.6. The topological polar surface area (TPSA) is 52.4 Å².